The Balaban J connectivity index is 1.72. The molecule has 0 saturated heterocycles. The molecule has 2 aromatic heterocycles. The second-order valence-corrected chi connectivity index (χ2v) is 5.94. The Morgan fingerprint density at radius 3 is 2.91 bits per heavy atom. The second-order valence-electron chi connectivity index (χ2n) is 5.94. The van der Waals surface area contributed by atoms with E-state index in [2.05, 4.69) is 21.7 Å². The monoisotopic (exact) mass is 294 g/mol. The number of hydrogen-bond donors (Lipinski definition) is 1. The molecular formula is C18H18N2O2. The Hall–Kier alpha value is -2.33. The van der Waals surface area contributed by atoms with Gasteiger partial charge in [-0.15, -0.1) is 0 Å². The van der Waals surface area contributed by atoms with Crippen LogP contribution in [0.4, 0.5) is 0 Å². The van der Waals surface area contributed by atoms with Crippen LogP contribution in [-0.2, 0) is 0 Å². The van der Waals surface area contributed by atoms with Gasteiger partial charge in [-0.2, -0.15) is 0 Å². The Kier molecular flexibility index (Phi) is 2.94. The molecule has 4 nitrogen and oxygen atoms in total. The minimum atomic E-state index is -0.543. The molecule has 112 valence electrons. The van der Waals surface area contributed by atoms with E-state index >= 15 is 0 Å². The van der Waals surface area contributed by atoms with Crippen molar-refractivity contribution in [1.82, 2.24) is 9.55 Å². The minimum Gasteiger partial charge on any atom is -0.469 e. The van der Waals surface area contributed by atoms with E-state index in [9.17, 15) is 5.11 Å². The molecule has 0 spiro atoms. The zero-order chi connectivity index (χ0) is 15.3. The maximum absolute atomic E-state index is 10.7. The predicted molar refractivity (Wildman–Crippen MR) is 83.2 cm³/mol. The number of fused-ring (bicyclic) bond motifs is 3. The summed E-state index contributed by atoms with van der Waals surface area (Å²) in [6.45, 7) is 3.88. The number of benzene rings is 1. The molecule has 3 aromatic rings. The number of aryl methyl sites for hydroxylation is 2. The van der Waals surface area contributed by atoms with Gasteiger partial charge in [0, 0.05) is 17.7 Å². The average Bonchev–Trinajstić information content (AvgIpc) is 3.17. The van der Waals surface area contributed by atoms with Crippen molar-refractivity contribution in [1.29, 1.82) is 0 Å². The van der Waals surface area contributed by atoms with Crippen molar-refractivity contribution in [3.05, 3.63) is 71.2 Å². The molecule has 4 rings (SSSR count). The first-order valence-electron chi connectivity index (χ1n) is 7.51. The molecule has 1 aliphatic heterocycles. The predicted octanol–water partition coefficient (Wildman–Crippen LogP) is 3.65. The van der Waals surface area contributed by atoms with Gasteiger partial charge >= 0.3 is 0 Å². The van der Waals surface area contributed by atoms with E-state index in [0.29, 0.717) is 6.42 Å². The second kappa shape index (κ2) is 4.85. The van der Waals surface area contributed by atoms with Gasteiger partial charge in [0.25, 0.3) is 0 Å². The molecule has 2 atom stereocenters. The number of aliphatic hydroxyl groups excluding tert-OH is 1. The number of aliphatic hydroxyl groups is 1. The lowest BCUT2D eigenvalue weighted by molar-refractivity contribution is 0.159. The summed E-state index contributed by atoms with van der Waals surface area (Å²) in [5.41, 5.74) is 5.46. The fourth-order valence-electron chi connectivity index (χ4n) is 3.59. The summed E-state index contributed by atoms with van der Waals surface area (Å²) in [4.78, 5) is 4.26. The van der Waals surface area contributed by atoms with Crippen LogP contribution in [0.2, 0.25) is 0 Å². The van der Waals surface area contributed by atoms with Gasteiger partial charge in [0.15, 0.2) is 0 Å². The van der Waals surface area contributed by atoms with Crippen molar-refractivity contribution in [2.24, 2.45) is 0 Å². The third-order valence-electron chi connectivity index (χ3n) is 4.60. The van der Waals surface area contributed by atoms with Crippen molar-refractivity contribution in [3.63, 3.8) is 0 Å². The van der Waals surface area contributed by atoms with Crippen LogP contribution >= 0.6 is 0 Å². The van der Waals surface area contributed by atoms with E-state index in [1.54, 1.807) is 6.26 Å². The first kappa shape index (κ1) is 13.3. The molecule has 0 radical (unpaired) electrons. The van der Waals surface area contributed by atoms with Gasteiger partial charge in [-0.1, -0.05) is 18.2 Å². The highest BCUT2D eigenvalue weighted by Crippen LogP contribution is 2.43. The zero-order valence-corrected chi connectivity index (χ0v) is 12.7. The molecule has 1 N–H and O–H groups in total. The van der Waals surface area contributed by atoms with Crippen LogP contribution in [0.25, 0.3) is 5.69 Å². The van der Waals surface area contributed by atoms with Gasteiger partial charge in [0.1, 0.15) is 5.76 Å². The Morgan fingerprint density at radius 1 is 1.32 bits per heavy atom. The topological polar surface area (TPSA) is 51.2 Å². The van der Waals surface area contributed by atoms with Crippen LogP contribution in [0, 0.1) is 13.8 Å². The third-order valence-corrected chi connectivity index (χ3v) is 4.60. The summed E-state index contributed by atoms with van der Waals surface area (Å²) < 4.78 is 7.54. The van der Waals surface area contributed by atoms with E-state index in [1.807, 2.05) is 38.5 Å². The summed E-state index contributed by atoms with van der Waals surface area (Å²) in [6, 6.07) is 8.31. The van der Waals surface area contributed by atoms with E-state index in [0.717, 1.165) is 28.3 Å². The molecule has 2 unspecified atom stereocenters. The molecule has 0 aliphatic carbocycles. The summed E-state index contributed by atoms with van der Waals surface area (Å²) in [5, 5.41) is 10.7. The van der Waals surface area contributed by atoms with Crippen LogP contribution < -0.4 is 0 Å². The Bertz CT molecular complexity index is 812. The number of hydrogen-bond acceptors (Lipinski definition) is 3. The molecule has 4 heteroatoms. The number of rotatable bonds is 3. The number of nitrogens with zero attached hydrogens (tertiary/aromatic N) is 2. The lowest BCUT2D eigenvalue weighted by Crippen LogP contribution is -2.07. The van der Waals surface area contributed by atoms with Crippen LogP contribution in [-0.4, -0.2) is 14.7 Å². The highest BCUT2D eigenvalue weighted by Gasteiger charge is 2.31. The van der Waals surface area contributed by atoms with Crippen LogP contribution in [0.5, 0.6) is 0 Å². The van der Waals surface area contributed by atoms with E-state index in [1.165, 1.54) is 5.56 Å². The molecule has 0 fully saturated rings. The zero-order valence-electron chi connectivity index (χ0n) is 12.7. The summed E-state index contributed by atoms with van der Waals surface area (Å²) in [5.74, 6) is 0.951. The van der Waals surface area contributed by atoms with Gasteiger partial charge in [0.2, 0.25) is 0 Å². The Morgan fingerprint density at radius 2 is 2.14 bits per heavy atom. The fraction of sp³-hybridized carbons (Fsp3) is 0.278. The minimum absolute atomic E-state index is 0.155. The normalized spacial score (nSPS) is 17.3. The summed E-state index contributed by atoms with van der Waals surface area (Å²) in [7, 11) is 0. The molecular weight excluding hydrogens is 276 g/mol. The van der Waals surface area contributed by atoms with Crippen molar-refractivity contribution in [2.75, 3.05) is 0 Å². The van der Waals surface area contributed by atoms with Gasteiger partial charge in [0.05, 0.1) is 30.1 Å². The SMILES string of the molecule is Cc1coc(C)c1C(O)CC1c2ccccc2-n2cncc21. The average molecular weight is 294 g/mol. The molecule has 0 bridgehead atoms. The number of imidazole rings is 1. The van der Waals surface area contributed by atoms with E-state index in [-0.39, 0.29) is 5.92 Å². The van der Waals surface area contributed by atoms with Crippen LogP contribution in [0.15, 0.2) is 47.5 Å². The maximum atomic E-state index is 10.7. The smallest absolute Gasteiger partial charge is 0.106 e. The Labute approximate surface area is 129 Å². The number of para-hydroxylation sites is 1. The summed E-state index contributed by atoms with van der Waals surface area (Å²) >= 11 is 0. The molecule has 1 aromatic carbocycles. The van der Waals surface area contributed by atoms with Crippen molar-refractivity contribution >= 4 is 0 Å². The highest BCUT2D eigenvalue weighted by atomic mass is 16.3. The maximum Gasteiger partial charge on any atom is 0.106 e. The van der Waals surface area contributed by atoms with Crippen LogP contribution in [0.1, 0.15) is 46.6 Å². The molecule has 1 aliphatic rings. The fourth-order valence-corrected chi connectivity index (χ4v) is 3.59. The first-order chi connectivity index (χ1) is 10.7. The number of furan rings is 1. The van der Waals surface area contributed by atoms with Crippen molar-refractivity contribution in [3.8, 4) is 5.69 Å². The molecule has 0 saturated carbocycles. The quantitative estimate of drug-likeness (QED) is 0.802. The highest BCUT2D eigenvalue weighted by molar-refractivity contribution is 5.53. The van der Waals surface area contributed by atoms with Gasteiger partial charge in [-0.3, -0.25) is 0 Å². The van der Waals surface area contributed by atoms with Crippen molar-refractivity contribution < 1.29 is 9.52 Å². The van der Waals surface area contributed by atoms with E-state index < -0.39 is 6.10 Å². The van der Waals surface area contributed by atoms with Gasteiger partial charge in [-0.25, -0.2) is 4.98 Å². The van der Waals surface area contributed by atoms with Gasteiger partial charge in [-0.05, 0) is 37.5 Å². The largest absolute Gasteiger partial charge is 0.469 e. The molecule has 0 amide bonds. The van der Waals surface area contributed by atoms with Crippen molar-refractivity contribution in [2.45, 2.75) is 32.3 Å². The number of aromatic nitrogens is 2. The first-order valence-corrected chi connectivity index (χ1v) is 7.51. The van der Waals surface area contributed by atoms with Crippen LogP contribution in [0.3, 0.4) is 0 Å². The molecule has 22 heavy (non-hydrogen) atoms. The standard InChI is InChI=1S/C18H18N2O2/c1-11-9-22-12(2)18(11)17(21)7-14-13-5-3-4-6-15(13)20-10-19-8-16(14)20/h3-6,8-10,14,17,21H,7H2,1-2H3. The van der Waals surface area contributed by atoms with Gasteiger partial charge < -0.3 is 14.1 Å². The lowest BCUT2D eigenvalue weighted by Gasteiger charge is -2.17. The third kappa shape index (κ3) is 1.84. The summed E-state index contributed by atoms with van der Waals surface area (Å²) in [6.07, 6.45) is 5.53. The van der Waals surface area contributed by atoms with E-state index in [4.69, 9.17) is 4.42 Å². The lowest BCUT2D eigenvalue weighted by atomic mass is 9.89. The molecule has 3 heterocycles.